The fourth-order valence-electron chi connectivity index (χ4n) is 0.811. The fraction of sp³-hybridized carbons (Fsp3) is 0.111. The van der Waals surface area contributed by atoms with Gasteiger partial charge in [-0.2, -0.15) is 5.26 Å². The highest BCUT2D eigenvalue weighted by molar-refractivity contribution is 5.91. The topological polar surface area (TPSA) is 50.1 Å². The van der Waals surface area contributed by atoms with Crippen LogP contribution in [0.25, 0.3) is 0 Å². The molecule has 0 bridgehead atoms. The summed E-state index contributed by atoms with van der Waals surface area (Å²) in [4.78, 5) is 11.0. The molecule has 0 aliphatic carbocycles. The standard InChI is InChI=1S/C9H6NO2/c1-12-9(11)8-5-3-2-4-7(8)6-10/h3-5H,1H3. The molecule has 0 amide bonds. The van der Waals surface area contributed by atoms with Crippen LogP contribution in [-0.2, 0) is 4.74 Å². The predicted molar refractivity (Wildman–Crippen MR) is 41.3 cm³/mol. The number of hydrogen-bond acceptors (Lipinski definition) is 3. The molecule has 59 valence electrons. The highest BCUT2D eigenvalue weighted by atomic mass is 16.5. The number of rotatable bonds is 1. The van der Waals surface area contributed by atoms with Crippen molar-refractivity contribution in [2.75, 3.05) is 7.11 Å². The first-order valence-electron chi connectivity index (χ1n) is 3.28. The lowest BCUT2D eigenvalue weighted by Crippen LogP contribution is -2.03. The molecule has 0 aliphatic heterocycles. The first-order valence-corrected chi connectivity index (χ1v) is 3.28. The lowest BCUT2D eigenvalue weighted by Gasteiger charge is -1.99. The average Bonchev–Trinajstić information content (AvgIpc) is 2.16. The van der Waals surface area contributed by atoms with Gasteiger partial charge in [-0.15, -0.1) is 0 Å². The Kier molecular flexibility index (Phi) is 2.44. The minimum atomic E-state index is -0.499. The van der Waals surface area contributed by atoms with E-state index in [4.69, 9.17) is 5.26 Å². The molecule has 0 heterocycles. The third-order valence-electron chi connectivity index (χ3n) is 1.39. The van der Waals surface area contributed by atoms with Crippen LogP contribution in [0.3, 0.4) is 0 Å². The van der Waals surface area contributed by atoms with Gasteiger partial charge in [0, 0.05) is 0 Å². The summed E-state index contributed by atoms with van der Waals surface area (Å²) in [5.74, 6) is -0.499. The summed E-state index contributed by atoms with van der Waals surface area (Å²) in [6, 6.07) is 9.10. The first kappa shape index (κ1) is 8.28. The number of benzene rings is 1. The molecule has 0 unspecified atom stereocenters. The molecule has 0 aromatic heterocycles. The van der Waals surface area contributed by atoms with Gasteiger partial charge in [0.1, 0.15) is 6.07 Å². The van der Waals surface area contributed by atoms with Crippen molar-refractivity contribution >= 4 is 5.97 Å². The average molecular weight is 160 g/mol. The van der Waals surface area contributed by atoms with Gasteiger partial charge in [-0.3, -0.25) is 0 Å². The molecule has 1 rings (SSSR count). The van der Waals surface area contributed by atoms with Crippen LogP contribution in [0.1, 0.15) is 15.9 Å². The molecule has 0 atom stereocenters. The van der Waals surface area contributed by atoms with Gasteiger partial charge in [0.2, 0.25) is 0 Å². The van der Waals surface area contributed by atoms with Crippen molar-refractivity contribution < 1.29 is 9.53 Å². The lowest BCUT2D eigenvalue weighted by molar-refractivity contribution is 0.0600. The smallest absolute Gasteiger partial charge is 0.339 e. The number of carbonyl (C=O) groups is 1. The van der Waals surface area contributed by atoms with Crippen LogP contribution in [0.4, 0.5) is 0 Å². The Hall–Kier alpha value is -1.82. The molecule has 0 fully saturated rings. The van der Waals surface area contributed by atoms with Crippen molar-refractivity contribution in [1.82, 2.24) is 0 Å². The van der Waals surface area contributed by atoms with E-state index in [9.17, 15) is 4.79 Å². The van der Waals surface area contributed by atoms with Crippen LogP contribution in [0.2, 0.25) is 0 Å². The van der Waals surface area contributed by atoms with Crippen molar-refractivity contribution in [1.29, 1.82) is 5.26 Å². The Morgan fingerprint density at radius 2 is 2.50 bits per heavy atom. The molecule has 0 spiro atoms. The molecule has 0 N–H and O–H groups in total. The normalized spacial score (nSPS) is 8.67. The zero-order valence-corrected chi connectivity index (χ0v) is 6.50. The number of esters is 1. The Morgan fingerprint density at radius 3 is 3.08 bits per heavy atom. The van der Waals surface area contributed by atoms with Crippen molar-refractivity contribution in [2.45, 2.75) is 0 Å². The van der Waals surface area contributed by atoms with Crippen LogP contribution in [0, 0.1) is 17.4 Å². The summed E-state index contributed by atoms with van der Waals surface area (Å²) >= 11 is 0. The second-order valence-corrected chi connectivity index (χ2v) is 2.08. The van der Waals surface area contributed by atoms with Crippen molar-refractivity contribution in [3.8, 4) is 6.07 Å². The maximum absolute atomic E-state index is 11.0. The van der Waals surface area contributed by atoms with E-state index >= 15 is 0 Å². The van der Waals surface area contributed by atoms with E-state index in [1.807, 2.05) is 6.07 Å². The van der Waals surface area contributed by atoms with Gasteiger partial charge in [-0.25, -0.2) is 4.79 Å². The Labute approximate surface area is 70.2 Å². The summed E-state index contributed by atoms with van der Waals surface area (Å²) < 4.78 is 4.47. The molecule has 0 saturated heterocycles. The molecule has 1 radical (unpaired) electrons. The molecular formula is C9H6NO2. The van der Waals surface area contributed by atoms with Gasteiger partial charge in [-0.05, 0) is 18.2 Å². The highest BCUT2D eigenvalue weighted by Gasteiger charge is 2.09. The van der Waals surface area contributed by atoms with Crippen molar-refractivity contribution in [3.63, 3.8) is 0 Å². The van der Waals surface area contributed by atoms with E-state index in [0.29, 0.717) is 0 Å². The molecule has 1 aromatic carbocycles. The third-order valence-corrected chi connectivity index (χ3v) is 1.39. The summed E-state index contributed by atoms with van der Waals surface area (Å²) in [7, 11) is 1.28. The molecule has 0 saturated carbocycles. The number of nitriles is 1. The minimum absolute atomic E-state index is 0.277. The maximum Gasteiger partial charge on any atom is 0.339 e. The van der Waals surface area contributed by atoms with E-state index in [1.165, 1.54) is 19.2 Å². The van der Waals surface area contributed by atoms with E-state index in [2.05, 4.69) is 10.8 Å². The number of ether oxygens (including phenoxy) is 1. The van der Waals surface area contributed by atoms with Crippen LogP contribution in [0.5, 0.6) is 0 Å². The number of methoxy groups -OCH3 is 1. The molecule has 3 heteroatoms. The molecule has 12 heavy (non-hydrogen) atoms. The van der Waals surface area contributed by atoms with Crippen LogP contribution < -0.4 is 0 Å². The molecule has 3 nitrogen and oxygen atoms in total. The number of carbonyl (C=O) groups excluding carboxylic acids is 1. The predicted octanol–water partition coefficient (Wildman–Crippen LogP) is 1.15. The SMILES string of the molecule is COC(=O)c1cc[c]cc1C#N. The van der Waals surface area contributed by atoms with E-state index in [0.717, 1.165) is 0 Å². The summed E-state index contributed by atoms with van der Waals surface area (Å²) in [6.07, 6.45) is 0. The van der Waals surface area contributed by atoms with Gasteiger partial charge in [0.25, 0.3) is 0 Å². The summed E-state index contributed by atoms with van der Waals surface area (Å²) in [5, 5.41) is 8.59. The minimum Gasteiger partial charge on any atom is -0.465 e. The lowest BCUT2D eigenvalue weighted by atomic mass is 10.1. The van der Waals surface area contributed by atoms with Crippen LogP contribution in [0.15, 0.2) is 18.2 Å². The Balaban J connectivity index is 3.16. The fourth-order valence-corrected chi connectivity index (χ4v) is 0.811. The maximum atomic E-state index is 11.0. The molecule has 1 aromatic rings. The van der Waals surface area contributed by atoms with Gasteiger partial charge in [0.05, 0.1) is 18.2 Å². The van der Waals surface area contributed by atoms with Crippen LogP contribution >= 0.6 is 0 Å². The summed E-state index contributed by atoms with van der Waals surface area (Å²) in [6.45, 7) is 0. The van der Waals surface area contributed by atoms with Gasteiger partial charge < -0.3 is 4.74 Å². The van der Waals surface area contributed by atoms with Gasteiger partial charge in [0.15, 0.2) is 0 Å². The quantitative estimate of drug-likeness (QED) is 0.579. The second-order valence-electron chi connectivity index (χ2n) is 2.08. The third kappa shape index (κ3) is 1.43. The summed E-state index contributed by atoms with van der Waals surface area (Å²) in [5.41, 5.74) is 0.558. The second kappa shape index (κ2) is 3.54. The van der Waals surface area contributed by atoms with Crippen molar-refractivity contribution in [3.05, 3.63) is 35.4 Å². The van der Waals surface area contributed by atoms with E-state index in [1.54, 1.807) is 6.07 Å². The van der Waals surface area contributed by atoms with Crippen LogP contribution in [-0.4, -0.2) is 13.1 Å². The highest BCUT2D eigenvalue weighted by Crippen LogP contribution is 2.07. The van der Waals surface area contributed by atoms with Gasteiger partial charge >= 0.3 is 5.97 Å². The first-order chi connectivity index (χ1) is 5.79. The monoisotopic (exact) mass is 160 g/mol. The molecule has 0 aliphatic rings. The van der Waals surface area contributed by atoms with E-state index < -0.39 is 5.97 Å². The zero-order chi connectivity index (χ0) is 8.97. The zero-order valence-electron chi connectivity index (χ0n) is 6.50. The van der Waals surface area contributed by atoms with E-state index in [-0.39, 0.29) is 11.1 Å². The molecular weight excluding hydrogens is 154 g/mol. The Bertz CT molecular complexity index is 339. The largest absolute Gasteiger partial charge is 0.465 e. The van der Waals surface area contributed by atoms with Crippen molar-refractivity contribution in [2.24, 2.45) is 0 Å². The van der Waals surface area contributed by atoms with Gasteiger partial charge in [-0.1, -0.05) is 6.07 Å². The Morgan fingerprint density at radius 1 is 1.75 bits per heavy atom. The number of hydrogen-bond donors (Lipinski definition) is 0. The number of nitrogens with zero attached hydrogens (tertiary/aromatic N) is 1.